The third-order valence-electron chi connectivity index (χ3n) is 2.88. The highest BCUT2D eigenvalue weighted by Crippen LogP contribution is 2.29. The molecule has 2 rings (SSSR count). The van der Waals surface area contributed by atoms with Crippen molar-refractivity contribution >= 4 is 22.7 Å². The van der Waals surface area contributed by atoms with Crippen LogP contribution in [-0.4, -0.2) is 12.0 Å². The van der Waals surface area contributed by atoms with Gasteiger partial charge in [0.15, 0.2) is 0 Å². The Morgan fingerprint density at radius 2 is 1.95 bits per heavy atom. The van der Waals surface area contributed by atoms with Crippen LogP contribution in [0.25, 0.3) is 0 Å². The predicted molar refractivity (Wildman–Crippen MR) is 79.4 cm³/mol. The largest absolute Gasteiger partial charge is 0.495 e. The minimum Gasteiger partial charge on any atom is -0.495 e. The lowest BCUT2D eigenvalue weighted by Crippen LogP contribution is -1.90. The molecule has 7 heteroatoms. The van der Waals surface area contributed by atoms with Crippen molar-refractivity contribution in [2.75, 3.05) is 12.8 Å². The van der Waals surface area contributed by atoms with Gasteiger partial charge in [-0.2, -0.15) is 10.2 Å². The van der Waals surface area contributed by atoms with Crippen molar-refractivity contribution in [2.24, 2.45) is 10.2 Å². The van der Waals surface area contributed by atoms with Crippen molar-refractivity contribution in [3.63, 3.8) is 0 Å². The molecular weight excluding hydrogens is 272 g/mol. The van der Waals surface area contributed by atoms with Crippen LogP contribution < -0.4 is 10.5 Å². The van der Waals surface area contributed by atoms with Crippen LogP contribution in [0.5, 0.6) is 5.75 Å². The number of aryl methyl sites for hydroxylation is 1. The van der Waals surface area contributed by atoms with Crippen LogP contribution in [0.4, 0.5) is 22.7 Å². The van der Waals surface area contributed by atoms with Crippen molar-refractivity contribution in [1.29, 1.82) is 0 Å². The molecule has 2 N–H and O–H groups in total. The Hall–Kier alpha value is -2.96. The molecule has 0 aliphatic carbocycles. The highest BCUT2D eigenvalue weighted by Gasteiger charge is 2.07. The number of nitro benzene ring substituents is 1. The summed E-state index contributed by atoms with van der Waals surface area (Å²) in [5.41, 5.74) is 8.08. The van der Waals surface area contributed by atoms with Gasteiger partial charge in [-0.05, 0) is 30.7 Å². The zero-order valence-electron chi connectivity index (χ0n) is 11.6. The molecule has 0 amide bonds. The number of nitrogens with two attached hydrogens (primary N) is 1. The number of hydrogen-bond acceptors (Lipinski definition) is 6. The maximum Gasteiger partial charge on any atom is 0.269 e. The molecular formula is C14H14N4O3. The number of rotatable bonds is 4. The standard InChI is InChI=1S/C14H14N4O3/c1-9-7-11(18(19)20)4-6-13(9)17-16-10-3-5-12(15)14(8-10)21-2/h3-8H,15H2,1-2H3. The molecule has 7 nitrogen and oxygen atoms in total. The van der Waals surface area contributed by atoms with Crippen LogP contribution in [0, 0.1) is 17.0 Å². The number of benzene rings is 2. The Labute approximate surface area is 121 Å². The number of nitrogens with zero attached hydrogens (tertiary/aromatic N) is 3. The fraction of sp³-hybridized carbons (Fsp3) is 0.143. The highest BCUT2D eigenvalue weighted by atomic mass is 16.6. The Bertz CT molecular complexity index is 713. The first-order valence-corrected chi connectivity index (χ1v) is 6.11. The monoisotopic (exact) mass is 286 g/mol. The summed E-state index contributed by atoms with van der Waals surface area (Å²) in [7, 11) is 1.52. The minimum absolute atomic E-state index is 0.0283. The summed E-state index contributed by atoms with van der Waals surface area (Å²) in [4.78, 5) is 10.2. The summed E-state index contributed by atoms with van der Waals surface area (Å²) in [6, 6.07) is 9.46. The van der Waals surface area contributed by atoms with Gasteiger partial charge in [0.1, 0.15) is 5.75 Å². The van der Waals surface area contributed by atoms with E-state index in [1.54, 1.807) is 31.2 Å². The van der Waals surface area contributed by atoms with E-state index in [-0.39, 0.29) is 5.69 Å². The zero-order valence-corrected chi connectivity index (χ0v) is 11.6. The minimum atomic E-state index is -0.446. The van der Waals surface area contributed by atoms with E-state index in [0.29, 0.717) is 28.4 Å². The van der Waals surface area contributed by atoms with E-state index >= 15 is 0 Å². The van der Waals surface area contributed by atoms with Gasteiger partial charge in [0.2, 0.25) is 0 Å². The summed E-state index contributed by atoms with van der Waals surface area (Å²) in [6.07, 6.45) is 0. The molecule has 0 heterocycles. The van der Waals surface area contributed by atoms with Gasteiger partial charge in [-0.3, -0.25) is 10.1 Å². The first-order chi connectivity index (χ1) is 10.0. The number of nitro groups is 1. The molecule has 0 aliphatic heterocycles. The smallest absolute Gasteiger partial charge is 0.269 e. The van der Waals surface area contributed by atoms with E-state index in [0.717, 1.165) is 0 Å². The topological polar surface area (TPSA) is 103 Å². The molecule has 2 aromatic carbocycles. The van der Waals surface area contributed by atoms with E-state index < -0.39 is 4.92 Å². The molecule has 0 aromatic heterocycles. The molecule has 0 radical (unpaired) electrons. The van der Waals surface area contributed by atoms with E-state index in [1.807, 2.05) is 0 Å². The molecule has 0 spiro atoms. The van der Waals surface area contributed by atoms with Crippen molar-refractivity contribution in [2.45, 2.75) is 6.92 Å². The maximum atomic E-state index is 10.7. The maximum absolute atomic E-state index is 10.7. The van der Waals surface area contributed by atoms with E-state index in [2.05, 4.69) is 10.2 Å². The molecule has 0 unspecified atom stereocenters. The van der Waals surface area contributed by atoms with Gasteiger partial charge < -0.3 is 10.5 Å². The van der Waals surface area contributed by atoms with Crippen molar-refractivity contribution in [1.82, 2.24) is 0 Å². The van der Waals surface area contributed by atoms with E-state index in [1.165, 1.54) is 19.2 Å². The van der Waals surface area contributed by atoms with Crippen LogP contribution in [0.2, 0.25) is 0 Å². The molecule has 0 atom stereocenters. The molecule has 0 aliphatic rings. The lowest BCUT2D eigenvalue weighted by Gasteiger charge is -2.04. The lowest BCUT2D eigenvalue weighted by molar-refractivity contribution is -0.384. The molecule has 0 saturated carbocycles. The molecule has 0 fully saturated rings. The van der Waals surface area contributed by atoms with Gasteiger partial charge in [-0.15, -0.1) is 0 Å². The van der Waals surface area contributed by atoms with Crippen molar-refractivity contribution in [3.05, 3.63) is 52.1 Å². The first-order valence-electron chi connectivity index (χ1n) is 6.11. The second-order valence-electron chi connectivity index (χ2n) is 4.35. The Balaban J connectivity index is 2.27. The molecule has 21 heavy (non-hydrogen) atoms. The fourth-order valence-corrected chi connectivity index (χ4v) is 1.74. The Kier molecular flexibility index (Phi) is 4.13. The number of ether oxygens (including phenoxy) is 1. The molecule has 0 saturated heterocycles. The second-order valence-corrected chi connectivity index (χ2v) is 4.35. The van der Waals surface area contributed by atoms with Crippen molar-refractivity contribution in [3.8, 4) is 5.75 Å². The summed E-state index contributed by atoms with van der Waals surface area (Å²) < 4.78 is 5.10. The second kappa shape index (κ2) is 6.00. The van der Waals surface area contributed by atoms with E-state index in [4.69, 9.17) is 10.5 Å². The number of anilines is 1. The number of non-ortho nitro benzene ring substituents is 1. The van der Waals surface area contributed by atoms with Gasteiger partial charge in [-0.1, -0.05) is 0 Å². The van der Waals surface area contributed by atoms with Crippen LogP contribution in [0.1, 0.15) is 5.56 Å². The number of hydrogen-bond donors (Lipinski definition) is 1. The van der Waals surface area contributed by atoms with Crippen LogP contribution in [0.3, 0.4) is 0 Å². The van der Waals surface area contributed by atoms with Gasteiger partial charge in [0.25, 0.3) is 5.69 Å². The number of nitrogen functional groups attached to an aromatic ring is 1. The lowest BCUT2D eigenvalue weighted by atomic mass is 10.2. The summed E-state index contributed by atoms with van der Waals surface area (Å²) >= 11 is 0. The van der Waals surface area contributed by atoms with Gasteiger partial charge in [0, 0.05) is 18.2 Å². The Morgan fingerprint density at radius 1 is 1.19 bits per heavy atom. The van der Waals surface area contributed by atoms with Crippen LogP contribution in [-0.2, 0) is 0 Å². The van der Waals surface area contributed by atoms with Crippen LogP contribution in [0.15, 0.2) is 46.6 Å². The predicted octanol–water partition coefficient (Wildman–Crippen LogP) is 3.91. The van der Waals surface area contributed by atoms with Crippen molar-refractivity contribution < 1.29 is 9.66 Å². The summed E-state index contributed by atoms with van der Waals surface area (Å²) in [6.45, 7) is 1.74. The third-order valence-corrected chi connectivity index (χ3v) is 2.88. The first kappa shape index (κ1) is 14.4. The summed E-state index contributed by atoms with van der Waals surface area (Å²) in [5, 5.41) is 18.8. The average Bonchev–Trinajstić information content (AvgIpc) is 2.47. The summed E-state index contributed by atoms with van der Waals surface area (Å²) in [5.74, 6) is 0.520. The fourth-order valence-electron chi connectivity index (χ4n) is 1.74. The van der Waals surface area contributed by atoms with Gasteiger partial charge >= 0.3 is 0 Å². The number of azo groups is 1. The molecule has 0 bridgehead atoms. The number of methoxy groups -OCH3 is 1. The highest BCUT2D eigenvalue weighted by molar-refractivity contribution is 5.59. The average molecular weight is 286 g/mol. The Morgan fingerprint density at radius 3 is 2.57 bits per heavy atom. The van der Waals surface area contributed by atoms with Crippen LogP contribution >= 0.6 is 0 Å². The zero-order chi connectivity index (χ0) is 15.4. The quantitative estimate of drug-likeness (QED) is 0.398. The van der Waals surface area contributed by atoms with Gasteiger partial charge in [-0.25, -0.2) is 0 Å². The third kappa shape index (κ3) is 3.33. The molecule has 108 valence electrons. The molecule has 2 aromatic rings. The van der Waals surface area contributed by atoms with E-state index in [9.17, 15) is 10.1 Å². The SMILES string of the molecule is COc1cc(N=Nc2ccc([N+](=O)[O-])cc2C)ccc1N. The van der Waals surface area contributed by atoms with Gasteiger partial charge in [0.05, 0.1) is 29.1 Å². The normalized spacial score (nSPS) is 10.8.